The van der Waals surface area contributed by atoms with Gasteiger partial charge in [0, 0.05) is 17.1 Å². The minimum absolute atomic E-state index is 0.113. The second kappa shape index (κ2) is 8.57. The van der Waals surface area contributed by atoms with Gasteiger partial charge in [0.2, 0.25) is 5.69 Å². The molecule has 0 aliphatic carbocycles. The average Bonchev–Trinajstić information content (AvgIpc) is 3.38. The molecular formula is C21H17N3O4S. The predicted octanol–water partition coefficient (Wildman–Crippen LogP) is 5.51. The van der Waals surface area contributed by atoms with Crippen LogP contribution in [0.15, 0.2) is 70.8 Å². The first-order valence-corrected chi connectivity index (χ1v) is 9.78. The lowest BCUT2D eigenvalue weighted by Crippen LogP contribution is -2.06. The quantitative estimate of drug-likeness (QED) is 0.404. The van der Waals surface area contributed by atoms with Crippen molar-refractivity contribution in [3.8, 4) is 22.8 Å². The van der Waals surface area contributed by atoms with Crippen LogP contribution in [0, 0.1) is 0 Å². The van der Waals surface area contributed by atoms with Crippen LogP contribution in [0.4, 0.5) is 10.8 Å². The molecule has 4 aromatic rings. The van der Waals surface area contributed by atoms with Crippen LogP contribution in [0.5, 0.6) is 11.5 Å². The highest BCUT2D eigenvalue weighted by Gasteiger charge is 2.21. The van der Waals surface area contributed by atoms with Crippen LogP contribution in [-0.2, 0) is 4.74 Å². The number of nitrogens with one attached hydrogen (secondary N) is 1. The summed E-state index contributed by atoms with van der Waals surface area (Å²) in [5, 5.41) is 9.46. The molecule has 1 N–H and O–H groups in total. The highest BCUT2D eigenvalue weighted by molar-refractivity contribution is 7.14. The van der Waals surface area contributed by atoms with Gasteiger partial charge in [0.05, 0.1) is 17.9 Å². The molecule has 7 nitrogen and oxygen atoms in total. The Morgan fingerprint density at radius 1 is 1.14 bits per heavy atom. The van der Waals surface area contributed by atoms with E-state index in [0.717, 1.165) is 11.4 Å². The minimum Gasteiger partial charge on any atom is -0.461 e. The smallest absolute Gasteiger partial charge is 0.361 e. The van der Waals surface area contributed by atoms with Gasteiger partial charge in [-0.15, -0.1) is 11.3 Å². The lowest BCUT2D eigenvalue weighted by Gasteiger charge is -2.08. The van der Waals surface area contributed by atoms with E-state index in [0.29, 0.717) is 22.1 Å². The molecule has 0 amide bonds. The van der Waals surface area contributed by atoms with E-state index in [9.17, 15) is 4.79 Å². The summed E-state index contributed by atoms with van der Waals surface area (Å²) in [5.41, 5.74) is 2.02. The summed E-state index contributed by atoms with van der Waals surface area (Å²) in [4.78, 5) is 16.5. The number of para-hydroxylation sites is 1. The number of carbonyl (C=O) groups excluding carboxylic acids is 1. The summed E-state index contributed by atoms with van der Waals surface area (Å²) < 4.78 is 15.8. The summed E-state index contributed by atoms with van der Waals surface area (Å²) in [5.74, 6) is 0.936. The third kappa shape index (κ3) is 4.44. The van der Waals surface area contributed by atoms with Crippen LogP contribution in [0.1, 0.15) is 17.4 Å². The van der Waals surface area contributed by atoms with E-state index in [4.69, 9.17) is 14.0 Å². The number of carbonyl (C=O) groups is 1. The van der Waals surface area contributed by atoms with Gasteiger partial charge in [0.15, 0.2) is 5.13 Å². The molecule has 0 bridgehead atoms. The summed E-state index contributed by atoms with van der Waals surface area (Å²) in [6.07, 6.45) is 1.39. The van der Waals surface area contributed by atoms with Gasteiger partial charge < -0.3 is 19.3 Å². The maximum Gasteiger partial charge on any atom is 0.361 e. The topological polar surface area (TPSA) is 86.5 Å². The van der Waals surface area contributed by atoms with Crippen LogP contribution in [0.3, 0.4) is 0 Å². The Morgan fingerprint density at radius 2 is 1.97 bits per heavy atom. The van der Waals surface area contributed by atoms with Crippen LogP contribution >= 0.6 is 11.3 Å². The standard InChI is InChI=1S/C21H17N3O4S/c1-2-26-20(25)19-17(12-27-24-19)18-13-29-21(23-18)22-14-7-6-10-16(11-14)28-15-8-4-3-5-9-15/h3-13H,2H2,1H3,(H,22,23). The molecule has 0 atom stereocenters. The van der Waals surface area contributed by atoms with E-state index < -0.39 is 5.97 Å². The van der Waals surface area contributed by atoms with Gasteiger partial charge in [-0.05, 0) is 31.2 Å². The summed E-state index contributed by atoms with van der Waals surface area (Å²) in [6.45, 7) is 1.99. The monoisotopic (exact) mass is 407 g/mol. The van der Waals surface area contributed by atoms with Crippen LogP contribution in [0.25, 0.3) is 11.3 Å². The zero-order valence-corrected chi connectivity index (χ0v) is 16.3. The minimum atomic E-state index is -0.537. The van der Waals surface area contributed by atoms with Crippen molar-refractivity contribution in [3.63, 3.8) is 0 Å². The van der Waals surface area contributed by atoms with Crippen molar-refractivity contribution >= 4 is 28.1 Å². The Labute approximate surface area is 170 Å². The Balaban J connectivity index is 1.50. The number of rotatable bonds is 7. The molecule has 0 radical (unpaired) electrons. The third-order valence-corrected chi connectivity index (χ3v) is 4.64. The fraction of sp³-hybridized carbons (Fsp3) is 0.0952. The van der Waals surface area contributed by atoms with Gasteiger partial charge in [0.1, 0.15) is 17.8 Å². The largest absolute Gasteiger partial charge is 0.461 e. The molecule has 0 spiro atoms. The van der Waals surface area contributed by atoms with E-state index in [1.807, 2.05) is 60.0 Å². The first-order chi connectivity index (χ1) is 14.2. The van der Waals surface area contributed by atoms with E-state index in [1.165, 1.54) is 17.6 Å². The van der Waals surface area contributed by atoms with Gasteiger partial charge in [-0.3, -0.25) is 0 Å². The Bertz CT molecular complexity index is 1110. The van der Waals surface area contributed by atoms with Gasteiger partial charge >= 0.3 is 5.97 Å². The second-order valence-corrected chi connectivity index (χ2v) is 6.76. The molecule has 0 aliphatic heterocycles. The summed E-state index contributed by atoms with van der Waals surface area (Å²) in [6, 6.07) is 17.2. The van der Waals surface area contributed by atoms with Crippen LogP contribution in [0.2, 0.25) is 0 Å². The highest BCUT2D eigenvalue weighted by atomic mass is 32.1. The normalized spacial score (nSPS) is 10.5. The number of hydrogen-bond donors (Lipinski definition) is 1. The maximum atomic E-state index is 12.0. The molecule has 4 rings (SSSR count). The number of nitrogens with zero attached hydrogens (tertiary/aromatic N) is 2. The molecule has 0 unspecified atom stereocenters. The fourth-order valence-electron chi connectivity index (χ4n) is 2.61. The zero-order valence-electron chi connectivity index (χ0n) is 15.5. The number of anilines is 2. The van der Waals surface area contributed by atoms with Crippen molar-refractivity contribution in [1.82, 2.24) is 10.1 Å². The number of ether oxygens (including phenoxy) is 2. The fourth-order valence-corrected chi connectivity index (χ4v) is 3.34. The molecule has 0 saturated heterocycles. The molecule has 2 heterocycles. The number of aromatic nitrogens is 2. The van der Waals surface area contributed by atoms with Crippen molar-refractivity contribution in [3.05, 3.63) is 71.9 Å². The molecule has 146 valence electrons. The lowest BCUT2D eigenvalue weighted by atomic mass is 10.2. The van der Waals surface area contributed by atoms with Gasteiger partial charge in [-0.2, -0.15) is 0 Å². The maximum absolute atomic E-state index is 12.0. The predicted molar refractivity (Wildman–Crippen MR) is 110 cm³/mol. The van der Waals surface area contributed by atoms with Gasteiger partial charge in [-0.25, -0.2) is 9.78 Å². The molecule has 0 saturated carbocycles. The van der Waals surface area contributed by atoms with Gasteiger partial charge in [-0.1, -0.05) is 29.4 Å². The molecular weight excluding hydrogens is 390 g/mol. The molecule has 0 fully saturated rings. The Kier molecular flexibility index (Phi) is 5.53. The number of thiazole rings is 1. The molecule has 0 aliphatic rings. The van der Waals surface area contributed by atoms with Crippen molar-refractivity contribution in [2.45, 2.75) is 6.92 Å². The van der Waals surface area contributed by atoms with Crippen molar-refractivity contribution in [2.24, 2.45) is 0 Å². The van der Waals surface area contributed by atoms with Crippen molar-refractivity contribution < 1.29 is 18.8 Å². The highest BCUT2D eigenvalue weighted by Crippen LogP contribution is 2.31. The molecule has 2 aromatic heterocycles. The van der Waals surface area contributed by atoms with E-state index in [2.05, 4.69) is 15.5 Å². The SMILES string of the molecule is CCOC(=O)c1nocc1-c1csc(Nc2cccc(Oc3ccccc3)c2)n1. The second-order valence-electron chi connectivity index (χ2n) is 5.90. The first kappa shape index (κ1) is 18.7. The third-order valence-electron chi connectivity index (χ3n) is 3.88. The number of esters is 1. The number of hydrogen-bond acceptors (Lipinski definition) is 8. The zero-order chi connectivity index (χ0) is 20.1. The Hall–Kier alpha value is -3.65. The van der Waals surface area contributed by atoms with Crippen LogP contribution < -0.4 is 10.1 Å². The van der Waals surface area contributed by atoms with Crippen molar-refractivity contribution in [1.29, 1.82) is 0 Å². The summed E-state index contributed by atoms with van der Waals surface area (Å²) >= 11 is 1.40. The van der Waals surface area contributed by atoms with E-state index >= 15 is 0 Å². The molecule has 2 aromatic carbocycles. The lowest BCUT2D eigenvalue weighted by molar-refractivity contribution is 0.0515. The van der Waals surface area contributed by atoms with Gasteiger partial charge in [0.25, 0.3) is 0 Å². The first-order valence-electron chi connectivity index (χ1n) is 8.90. The van der Waals surface area contributed by atoms with Crippen LogP contribution in [-0.4, -0.2) is 22.7 Å². The van der Waals surface area contributed by atoms with Crippen molar-refractivity contribution in [2.75, 3.05) is 11.9 Å². The average molecular weight is 407 g/mol. The summed E-state index contributed by atoms with van der Waals surface area (Å²) in [7, 11) is 0. The number of benzene rings is 2. The molecule has 8 heteroatoms. The Morgan fingerprint density at radius 3 is 2.79 bits per heavy atom. The van der Waals surface area contributed by atoms with E-state index in [-0.39, 0.29) is 12.3 Å². The van der Waals surface area contributed by atoms with E-state index in [1.54, 1.807) is 6.92 Å². The molecule has 29 heavy (non-hydrogen) atoms.